The summed E-state index contributed by atoms with van der Waals surface area (Å²) in [4.78, 5) is 2.77. The molecule has 3 unspecified atom stereocenters. The van der Waals surface area contributed by atoms with Crippen molar-refractivity contribution in [2.45, 2.75) is 52.3 Å². The van der Waals surface area contributed by atoms with Crippen LogP contribution >= 0.6 is 11.3 Å². The van der Waals surface area contributed by atoms with Crippen LogP contribution < -0.4 is 5.32 Å². The lowest BCUT2D eigenvalue weighted by atomic mass is 10.1. The quantitative estimate of drug-likeness (QED) is 0.809. The lowest BCUT2D eigenvalue weighted by Gasteiger charge is -2.21. The third-order valence-electron chi connectivity index (χ3n) is 2.57. The monoisotopic (exact) mass is 227 g/mol. The largest absolute Gasteiger partial charge is 0.392 e. The molecule has 0 aliphatic heterocycles. The van der Waals surface area contributed by atoms with Crippen LogP contribution in [0.1, 0.15) is 30.5 Å². The molecule has 15 heavy (non-hydrogen) atoms. The molecule has 1 heterocycles. The van der Waals surface area contributed by atoms with Crippen molar-refractivity contribution in [1.29, 1.82) is 0 Å². The predicted octanol–water partition coefficient (Wildman–Crippen LogP) is 2.35. The van der Waals surface area contributed by atoms with E-state index in [0.717, 1.165) is 6.42 Å². The number of aliphatic hydroxyl groups excluding tert-OH is 1. The molecule has 1 aromatic rings. The number of aliphatic hydroxyl groups is 1. The first-order valence-corrected chi connectivity index (χ1v) is 6.30. The van der Waals surface area contributed by atoms with Crippen molar-refractivity contribution in [2.75, 3.05) is 0 Å². The van der Waals surface area contributed by atoms with Crippen molar-refractivity contribution in [3.63, 3.8) is 0 Å². The van der Waals surface area contributed by atoms with Crippen LogP contribution in [0, 0.1) is 6.92 Å². The van der Waals surface area contributed by atoms with Crippen molar-refractivity contribution in [3.05, 3.63) is 21.9 Å². The van der Waals surface area contributed by atoms with Gasteiger partial charge in [0.15, 0.2) is 0 Å². The summed E-state index contributed by atoms with van der Waals surface area (Å²) in [7, 11) is 0. The van der Waals surface area contributed by atoms with E-state index in [1.54, 1.807) is 0 Å². The summed E-state index contributed by atoms with van der Waals surface area (Å²) in [6.45, 7) is 8.12. The number of nitrogens with one attached hydrogen (secondary N) is 1. The second-order valence-corrected chi connectivity index (χ2v) is 5.69. The predicted molar refractivity (Wildman–Crippen MR) is 66.5 cm³/mol. The van der Waals surface area contributed by atoms with Crippen molar-refractivity contribution < 1.29 is 5.11 Å². The lowest BCUT2D eigenvalue weighted by Crippen LogP contribution is -2.41. The maximum Gasteiger partial charge on any atom is 0.0662 e. The molecule has 0 aliphatic rings. The lowest BCUT2D eigenvalue weighted by molar-refractivity contribution is 0.147. The van der Waals surface area contributed by atoms with E-state index < -0.39 is 0 Å². The summed E-state index contributed by atoms with van der Waals surface area (Å²) in [6, 6.07) is 4.91. The highest BCUT2D eigenvalue weighted by atomic mass is 32.1. The molecule has 0 radical (unpaired) electrons. The number of rotatable bonds is 5. The van der Waals surface area contributed by atoms with Crippen molar-refractivity contribution >= 4 is 11.3 Å². The fraction of sp³-hybridized carbons (Fsp3) is 0.667. The van der Waals surface area contributed by atoms with Crippen LogP contribution in [0.3, 0.4) is 0 Å². The first-order valence-electron chi connectivity index (χ1n) is 5.48. The van der Waals surface area contributed by atoms with Crippen LogP contribution in [0.4, 0.5) is 0 Å². The van der Waals surface area contributed by atoms with Crippen LogP contribution in [0.25, 0.3) is 0 Å². The Morgan fingerprint density at radius 3 is 2.47 bits per heavy atom. The molecule has 0 amide bonds. The first kappa shape index (κ1) is 12.7. The molecule has 0 aromatic carbocycles. The zero-order valence-electron chi connectivity index (χ0n) is 9.95. The normalized spacial score (nSPS) is 17.4. The highest BCUT2D eigenvalue weighted by Crippen LogP contribution is 2.16. The summed E-state index contributed by atoms with van der Waals surface area (Å²) >= 11 is 1.85. The van der Waals surface area contributed by atoms with Gasteiger partial charge >= 0.3 is 0 Å². The highest BCUT2D eigenvalue weighted by molar-refractivity contribution is 7.11. The van der Waals surface area contributed by atoms with Crippen molar-refractivity contribution in [1.82, 2.24) is 5.32 Å². The first-order chi connectivity index (χ1) is 6.99. The smallest absolute Gasteiger partial charge is 0.0662 e. The van der Waals surface area contributed by atoms with Gasteiger partial charge in [-0.25, -0.2) is 0 Å². The minimum atomic E-state index is -0.294. The molecular formula is C12H21NOS. The van der Waals surface area contributed by atoms with E-state index in [1.165, 1.54) is 9.75 Å². The van der Waals surface area contributed by atoms with E-state index in [1.807, 2.05) is 25.2 Å². The molecular weight excluding hydrogens is 206 g/mol. The summed E-state index contributed by atoms with van der Waals surface area (Å²) in [5, 5.41) is 12.8. The minimum absolute atomic E-state index is 0.154. The molecule has 0 bridgehead atoms. The summed E-state index contributed by atoms with van der Waals surface area (Å²) in [6.07, 6.45) is 0.743. The van der Waals surface area contributed by atoms with Gasteiger partial charge in [0, 0.05) is 21.8 Å². The van der Waals surface area contributed by atoms with E-state index in [-0.39, 0.29) is 12.1 Å². The molecule has 0 saturated carbocycles. The second kappa shape index (κ2) is 5.64. The zero-order valence-corrected chi connectivity index (χ0v) is 10.8. The third kappa shape index (κ3) is 4.33. The fourth-order valence-corrected chi connectivity index (χ4v) is 2.56. The Morgan fingerprint density at radius 1 is 1.33 bits per heavy atom. The van der Waals surface area contributed by atoms with Gasteiger partial charge in [-0.2, -0.15) is 0 Å². The topological polar surface area (TPSA) is 32.3 Å². The van der Waals surface area contributed by atoms with Gasteiger partial charge in [-0.15, -0.1) is 11.3 Å². The van der Waals surface area contributed by atoms with Crippen LogP contribution in [0.5, 0.6) is 0 Å². The van der Waals surface area contributed by atoms with Gasteiger partial charge in [-0.1, -0.05) is 0 Å². The van der Waals surface area contributed by atoms with Crippen LogP contribution in [-0.2, 0) is 6.42 Å². The zero-order chi connectivity index (χ0) is 11.4. The Balaban J connectivity index is 2.39. The summed E-state index contributed by atoms with van der Waals surface area (Å²) in [5.41, 5.74) is 0. The van der Waals surface area contributed by atoms with Gasteiger partial charge in [0.2, 0.25) is 0 Å². The van der Waals surface area contributed by atoms with E-state index in [4.69, 9.17) is 0 Å². The van der Waals surface area contributed by atoms with E-state index >= 15 is 0 Å². The highest BCUT2D eigenvalue weighted by Gasteiger charge is 2.12. The molecule has 0 aliphatic carbocycles. The van der Waals surface area contributed by atoms with Gasteiger partial charge in [0.25, 0.3) is 0 Å². The molecule has 2 N–H and O–H groups in total. The molecule has 86 valence electrons. The Hall–Kier alpha value is -0.380. The number of thiophene rings is 1. The fourth-order valence-electron chi connectivity index (χ4n) is 1.54. The molecule has 0 fully saturated rings. The van der Waals surface area contributed by atoms with Crippen molar-refractivity contribution in [2.24, 2.45) is 0 Å². The summed E-state index contributed by atoms with van der Waals surface area (Å²) < 4.78 is 0. The Bertz CT molecular complexity index is 296. The molecule has 0 spiro atoms. The standard InChI is InChI=1S/C12H21NOS/c1-8(13-10(3)11(4)14)7-12-6-5-9(2)15-12/h5-6,8,10-11,13-14H,7H2,1-4H3. The minimum Gasteiger partial charge on any atom is -0.392 e. The molecule has 1 rings (SSSR count). The second-order valence-electron chi connectivity index (χ2n) is 4.31. The molecule has 2 nitrogen and oxygen atoms in total. The SMILES string of the molecule is Cc1ccc(CC(C)NC(C)C(C)O)s1. The van der Waals surface area contributed by atoms with Crippen LogP contribution in [0.2, 0.25) is 0 Å². The maximum atomic E-state index is 9.38. The van der Waals surface area contributed by atoms with Gasteiger partial charge in [0.1, 0.15) is 0 Å². The Morgan fingerprint density at radius 2 is 2.00 bits per heavy atom. The average Bonchev–Trinajstić information content (AvgIpc) is 2.50. The van der Waals surface area contributed by atoms with Crippen LogP contribution in [-0.4, -0.2) is 23.3 Å². The average molecular weight is 227 g/mol. The molecule has 3 heteroatoms. The number of aryl methyl sites for hydroxylation is 1. The van der Waals surface area contributed by atoms with E-state index in [9.17, 15) is 5.11 Å². The summed E-state index contributed by atoms with van der Waals surface area (Å²) in [5.74, 6) is 0. The van der Waals surface area contributed by atoms with Gasteiger partial charge in [0.05, 0.1) is 6.10 Å². The van der Waals surface area contributed by atoms with Gasteiger partial charge in [-0.05, 0) is 46.2 Å². The van der Waals surface area contributed by atoms with E-state index in [2.05, 4.69) is 31.3 Å². The molecule has 0 saturated heterocycles. The number of hydrogen-bond donors (Lipinski definition) is 2. The van der Waals surface area contributed by atoms with Crippen LogP contribution in [0.15, 0.2) is 12.1 Å². The third-order valence-corrected chi connectivity index (χ3v) is 3.60. The number of hydrogen-bond acceptors (Lipinski definition) is 3. The Labute approximate surface area is 96.3 Å². The molecule has 3 atom stereocenters. The maximum absolute atomic E-state index is 9.38. The Kier molecular flexibility index (Phi) is 4.77. The van der Waals surface area contributed by atoms with Gasteiger partial charge < -0.3 is 10.4 Å². The van der Waals surface area contributed by atoms with Crippen molar-refractivity contribution in [3.8, 4) is 0 Å². The van der Waals surface area contributed by atoms with E-state index in [0.29, 0.717) is 6.04 Å². The molecule has 1 aromatic heterocycles. The van der Waals surface area contributed by atoms with Gasteiger partial charge in [-0.3, -0.25) is 0 Å².